The summed E-state index contributed by atoms with van der Waals surface area (Å²) < 4.78 is 10.2. The topological polar surface area (TPSA) is 77.5 Å². The van der Waals surface area contributed by atoms with Crippen LogP contribution >= 0.6 is 11.3 Å². The molecule has 27 heavy (non-hydrogen) atoms. The Labute approximate surface area is 162 Å². The Morgan fingerprint density at radius 1 is 1.19 bits per heavy atom. The zero-order valence-corrected chi connectivity index (χ0v) is 16.5. The van der Waals surface area contributed by atoms with Crippen molar-refractivity contribution in [3.63, 3.8) is 0 Å². The van der Waals surface area contributed by atoms with Gasteiger partial charge in [-0.3, -0.25) is 4.79 Å². The first-order chi connectivity index (χ1) is 12.9. The summed E-state index contributed by atoms with van der Waals surface area (Å²) in [7, 11) is 2.69. The fourth-order valence-corrected chi connectivity index (χ4v) is 4.63. The number of hydrogen-bond acceptors (Lipinski definition) is 7. The van der Waals surface area contributed by atoms with Gasteiger partial charge in [-0.05, 0) is 19.4 Å². The minimum Gasteiger partial charge on any atom is -0.469 e. The third kappa shape index (κ3) is 3.23. The zero-order chi connectivity index (χ0) is 19.6. The predicted octanol–water partition coefficient (Wildman–Crippen LogP) is 2.98. The zero-order valence-electron chi connectivity index (χ0n) is 15.7. The van der Waals surface area contributed by atoms with Crippen molar-refractivity contribution < 1.29 is 19.1 Å². The SMILES string of the molecule is COC(=O)C1=C(C)NC(C)(c2ccccc2)C(C(=O)OC)C1c1nccs1. The normalized spacial score (nSPS) is 24.9. The number of methoxy groups -OCH3 is 2. The number of allylic oxidation sites excluding steroid dienone is 1. The molecule has 7 heteroatoms. The Hall–Kier alpha value is -2.67. The first kappa shape index (κ1) is 19.1. The monoisotopic (exact) mass is 386 g/mol. The number of ether oxygens (including phenoxy) is 2. The predicted molar refractivity (Wildman–Crippen MR) is 102 cm³/mol. The molecule has 0 radical (unpaired) electrons. The first-order valence-electron chi connectivity index (χ1n) is 8.54. The maximum Gasteiger partial charge on any atom is 0.336 e. The second-order valence-corrected chi connectivity index (χ2v) is 7.50. The average molecular weight is 386 g/mol. The third-order valence-electron chi connectivity index (χ3n) is 5.07. The number of benzene rings is 1. The van der Waals surface area contributed by atoms with Crippen LogP contribution < -0.4 is 5.32 Å². The Kier molecular flexibility index (Phi) is 5.32. The molecule has 1 N–H and O–H groups in total. The average Bonchev–Trinajstić information content (AvgIpc) is 3.21. The van der Waals surface area contributed by atoms with Gasteiger partial charge >= 0.3 is 11.9 Å². The molecule has 0 amide bonds. The molecule has 2 heterocycles. The molecular weight excluding hydrogens is 364 g/mol. The van der Waals surface area contributed by atoms with Crippen LogP contribution in [0.1, 0.15) is 30.3 Å². The summed E-state index contributed by atoms with van der Waals surface area (Å²) in [5.41, 5.74) is 1.20. The second-order valence-electron chi connectivity index (χ2n) is 6.57. The van der Waals surface area contributed by atoms with Crippen LogP contribution in [0, 0.1) is 5.92 Å². The van der Waals surface area contributed by atoms with E-state index in [0.717, 1.165) is 5.56 Å². The molecule has 1 aromatic carbocycles. The number of esters is 2. The number of rotatable bonds is 4. The lowest BCUT2D eigenvalue weighted by Gasteiger charge is -2.46. The van der Waals surface area contributed by atoms with Gasteiger partial charge in [-0.2, -0.15) is 0 Å². The molecule has 1 aromatic heterocycles. The Morgan fingerprint density at radius 3 is 2.44 bits per heavy atom. The number of thiazole rings is 1. The molecule has 142 valence electrons. The van der Waals surface area contributed by atoms with Crippen molar-refractivity contribution in [2.75, 3.05) is 14.2 Å². The number of hydrogen-bond donors (Lipinski definition) is 1. The van der Waals surface area contributed by atoms with Crippen LogP contribution in [0.2, 0.25) is 0 Å². The number of carbonyl (C=O) groups is 2. The fourth-order valence-electron chi connectivity index (χ4n) is 3.85. The fraction of sp³-hybridized carbons (Fsp3) is 0.350. The lowest BCUT2D eigenvalue weighted by Crippen LogP contribution is -2.55. The van der Waals surface area contributed by atoms with E-state index in [1.807, 2.05) is 49.6 Å². The number of nitrogens with one attached hydrogen (secondary N) is 1. The molecule has 3 rings (SSSR count). The molecule has 0 bridgehead atoms. The van der Waals surface area contributed by atoms with Crippen LogP contribution in [-0.2, 0) is 24.6 Å². The van der Waals surface area contributed by atoms with Crippen molar-refractivity contribution in [2.24, 2.45) is 5.92 Å². The van der Waals surface area contributed by atoms with Crippen molar-refractivity contribution >= 4 is 23.3 Å². The molecule has 0 aliphatic carbocycles. The smallest absolute Gasteiger partial charge is 0.336 e. The summed E-state index contributed by atoms with van der Waals surface area (Å²) in [6.45, 7) is 3.77. The number of carbonyl (C=O) groups excluding carboxylic acids is 2. The minimum atomic E-state index is -0.785. The van der Waals surface area contributed by atoms with E-state index in [-0.39, 0.29) is 0 Å². The van der Waals surface area contributed by atoms with Gasteiger partial charge in [0, 0.05) is 17.3 Å². The molecule has 0 saturated heterocycles. The van der Waals surface area contributed by atoms with E-state index in [1.54, 1.807) is 6.20 Å². The van der Waals surface area contributed by atoms with Crippen LogP contribution in [0.25, 0.3) is 0 Å². The Bertz CT molecular complexity index is 863. The largest absolute Gasteiger partial charge is 0.469 e. The van der Waals surface area contributed by atoms with E-state index >= 15 is 0 Å². The van der Waals surface area contributed by atoms with Gasteiger partial charge in [0.15, 0.2) is 0 Å². The highest BCUT2D eigenvalue weighted by Gasteiger charge is 2.53. The highest BCUT2D eigenvalue weighted by Crippen LogP contribution is 2.48. The van der Waals surface area contributed by atoms with Gasteiger partial charge in [-0.1, -0.05) is 30.3 Å². The lowest BCUT2D eigenvalue weighted by molar-refractivity contribution is -0.150. The summed E-state index contributed by atoms with van der Waals surface area (Å²) in [6, 6.07) is 9.67. The van der Waals surface area contributed by atoms with E-state index in [2.05, 4.69) is 10.3 Å². The molecule has 1 aliphatic heterocycles. The molecule has 2 aromatic rings. The van der Waals surface area contributed by atoms with E-state index < -0.39 is 29.3 Å². The highest BCUT2D eigenvalue weighted by molar-refractivity contribution is 7.09. The van der Waals surface area contributed by atoms with Crippen molar-refractivity contribution in [1.29, 1.82) is 0 Å². The molecule has 0 saturated carbocycles. The number of aromatic nitrogens is 1. The molecule has 3 atom stereocenters. The van der Waals surface area contributed by atoms with Gasteiger partial charge < -0.3 is 14.8 Å². The highest BCUT2D eigenvalue weighted by atomic mass is 32.1. The maximum absolute atomic E-state index is 13.0. The third-order valence-corrected chi connectivity index (χ3v) is 5.93. The summed E-state index contributed by atoms with van der Waals surface area (Å²) in [6.07, 6.45) is 1.67. The van der Waals surface area contributed by atoms with Gasteiger partial charge in [0.25, 0.3) is 0 Å². The van der Waals surface area contributed by atoms with Crippen molar-refractivity contribution in [2.45, 2.75) is 25.3 Å². The summed E-state index contributed by atoms with van der Waals surface area (Å²) >= 11 is 1.40. The van der Waals surface area contributed by atoms with Gasteiger partial charge in [-0.15, -0.1) is 11.3 Å². The molecular formula is C20H22N2O4S. The number of nitrogens with zero attached hydrogens (tertiary/aromatic N) is 1. The molecule has 0 spiro atoms. The summed E-state index contributed by atoms with van der Waals surface area (Å²) in [5, 5.41) is 5.89. The van der Waals surface area contributed by atoms with Crippen LogP contribution in [0.3, 0.4) is 0 Å². The molecule has 1 aliphatic rings. The Balaban J connectivity index is 2.28. The van der Waals surface area contributed by atoms with Gasteiger partial charge in [0.2, 0.25) is 0 Å². The van der Waals surface area contributed by atoms with Crippen LogP contribution in [0.5, 0.6) is 0 Å². The first-order valence-corrected chi connectivity index (χ1v) is 9.42. The van der Waals surface area contributed by atoms with Crippen molar-refractivity contribution in [3.8, 4) is 0 Å². The van der Waals surface area contributed by atoms with Crippen LogP contribution in [0.15, 0.2) is 53.2 Å². The molecule has 6 nitrogen and oxygen atoms in total. The lowest BCUT2D eigenvalue weighted by atomic mass is 9.67. The molecule has 0 fully saturated rings. The van der Waals surface area contributed by atoms with Crippen LogP contribution in [0.4, 0.5) is 0 Å². The van der Waals surface area contributed by atoms with E-state index in [9.17, 15) is 9.59 Å². The summed E-state index contributed by atoms with van der Waals surface area (Å²) in [5.74, 6) is -2.17. The van der Waals surface area contributed by atoms with Gasteiger partial charge in [0.1, 0.15) is 5.01 Å². The summed E-state index contributed by atoms with van der Waals surface area (Å²) in [4.78, 5) is 30.0. The minimum absolute atomic E-state index is 0.399. The van der Waals surface area contributed by atoms with Gasteiger partial charge in [-0.25, -0.2) is 9.78 Å². The molecule has 3 unspecified atom stereocenters. The van der Waals surface area contributed by atoms with Crippen LogP contribution in [-0.4, -0.2) is 31.1 Å². The Morgan fingerprint density at radius 2 is 1.89 bits per heavy atom. The van der Waals surface area contributed by atoms with E-state index in [1.165, 1.54) is 25.6 Å². The van der Waals surface area contributed by atoms with Crippen molar-refractivity contribution in [1.82, 2.24) is 10.3 Å². The van der Waals surface area contributed by atoms with E-state index in [4.69, 9.17) is 9.47 Å². The van der Waals surface area contributed by atoms with Crippen molar-refractivity contribution in [3.05, 3.63) is 63.7 Å². The second kappa shape index (κ2) is 7.52. The standard InChI is InChI=1S/C20H22N2O4S/c1-12-14(18(23)25-3)15(17-21-10-11-27-17)16(19(24)26-4)20(2,22-12)13-8-6-5-7-9-13/h5-11,15-16,22H,1-4H3. The van der Waals surface area contributed by atoms with Gasteiger partial charge in [0.05, 0.1) is 37.2 Å². The van der Waals surface area contributed by atoms with E-state index in [0.29, 0.717) is 16.3 Å². The maximum atomic E-state index is 13.0. The quantitative estimate of drug-likeness (QED) is 0.814.